The minimum Gasteiger partial charge on any atom is -0.381 e. The molecule has 0 radical (unpaired) electrons. The van der Waals surface area contributed by atoms with E-state index < -0.39 is 0 Å². The Morgan fingerprint density at radius 1 is 1.24 bits per heavy atom. The van der Waals surface area contributed by atoms with Gasteiger partial charge in [-0.05, 0) is 44.4 Å². The van der Waals surface area contributed by atoms with E-state index in [0.717, 1.165) is 51.4 Å². The standard InChI is InChI=1S/C16H30N2O3/c1-13-3-5-15(6-4-13)18-16(19)17-8-2-9-20-11-14-7-10-21-12-14/h13-15H,2-12H2,1H3,(H2,17,18,19)/t13?,14-,15?/m1/s1. The number of urea groups is 1. The Hall–Kier alpha value is -0.810. The lowest BCUT2D eigenvalue weighted by atomic mass is 9.87. The van der Waals surface area contributed by atoms with Crippen LogP contribution in [0.5, 0.6) is 0 Å². The van der Waals surface area contributed by atoms with Gasteiger partial charge in [0.25, 0.3) is 0 Å². The number of hydrogen-bond donors (Lipinski definition) is 2. The molecule has 1 saturated carbocycles. The zero-order valence-electron chi connectivity index (χ0n) is 13.2. The molecule has 122 valence electrons. The SMILES string of the molecule is CC1CCC(NC(=O)NCCCOC[C@H]2CCOC2)CC1. The highest BCUT2D eigenvalue weighted by molar-refractivity contribution is 5.74. The summed E-state index contributed by atoms with van der Waals surface area (Å²) in [5.41, 5.74) is 0. The van der Waals surface area contributed by atoms with Gasteiger partial charge in [0, 0.05) is 31.7 Å². The molecule has 0 aromatic rings. The Morgan fingerprint density at radius 2 is 2.05 bits per heavy atom. The van der Waals surface area contributed by atoms with Crippen LogP contribution in [-0.4, -0.2) is 45.0 Å². The van der Waals surface area contributed by atoms with Gasteiger partial charge in [-0.15, -0.1) is 0 Å². The van der Waals surface area contributed by atoms with Crippen LogP contribution in [0.15, 0.2) is 0 Å². The molecule has 5 heteroatoms. The Kier molecular flexibility index (Phi) is 7.30. The average Bonchev–Trinajstić information content (AvgIpc) is 2.98. The van der Waals surface area contributed by atoms with E-state index in [4.69, 9.17) is 9.47 Å². The topological polar surface area (TPSA) is 59.6 Å². The summed E-state index contributed by atoms with van der Waals surface area (Å²) in [6.07, 6.45) is 6.65. The van der Waals surface area contributed by atoms with Crippen molar-refractivity contribution >= 4 is 6.03 Å². The van der Waals surface area contributed by atoms with Crippen LogP contribution in [0.4, 0.5) is 4.79 Å². The molecule has 0 unspecified atom stereocenters. The predicted molar refractivity (Wildman–Crippen MR) is 82.3 cm³/mol. The summed E-state index contributed by atoms with van der Waals surface area (Å²) in [6.45, 7) is 6.16. The molecule has 0 aromatic heterocycles. The van der Waals surface area contributed by atoms with Gasteiger partial charge in [-0.2, -0.15) is 0 Å². The van der Waals surface area contributed by atoms with Crippen LogP contribution in [0.2, 0.25) is 0 Å². The number of rotatable bonds is 7. The molecule has 2 N–H and O–H groups in total. The lowest BCUT2D eigenvalue weighted by Crippen LogP contribution is -2.43. The van der Waals surface area contributed by atoms with E-state index in [2.05, 4.69) is 17.6 Å². The normalized spacial score (nSPS) is 29.3. The third-order valence-corrected chi connectivity index (χ3v) is 4.48. The highest BCUT2D eigenvalue weighted by atomic mass is 16.5. The summed E-state index contributed by atoms with van der Waals surface area (Å²) in [7, 11) is 0. The number of carbonyl (C=O) groups excluding carboxylic acids is 1. The number of hydrogen-bond acceptors (Lipinski definition) is 3. The molecule has 5 nitrogen and oxygen atoms in total. The Bertz CT molecular complexity index is 298. The van der Waals surface area contributed by atoms with Gasteiger partial charge in [-0.1, -0.05) is 6.92 Å². The van der Waals surface area contributed by atoms with Crippen molar-refractivity contribution in [1.82, 2.24) is 10.6 Å². The number of amides is 2. The molecule has 0 spiro atoms. The fourth-order valence-corrected chi connectivity index (χ4v) is 2.98. The summed E-state index contributed by atoms with van der Waals surface area (Å²) in [4.78, 5) is 11.8. The lowest BCUT2D eigenvalue weighted by molar-refractivity contribution is 0.0885. The number of carbonyl (C=O) groups is 1. The van der Waals surface area contributed by atoms with Crippen LogP contribution >= 0.6 is 0 Å². The summed E-state index contributed by atoms with van der Waals surface area (Å²) < 4.78 is 10.9. The summed E-state index contributed by atoms with van der Waals surface area (Å²) in [5.74, 6) is 1.38. The molecule has 1 atom stereocenters. The first-order chi connectivity index (χ1) is 10.2. The Labute approximate surface area is 128 Å². The molecule has 2 fully saturated rings. The molecule has 2 amide bonds. The van der Waals surface area contributed by atoms with Crippen molar-refractivity contribution < 1.29 is 14.3 Å². The maximum absolute atomic E-state index is 11.8. The maximum atomic E-state index is 11.8. The molecule has 1 aliphatic carbocycles. The molecular formula is C16H30N2O3. The van der Waals surface area contributed by atoms with Crippen molar-refractivity contribution in [2.45, 2.75) is 51.5 Å². The minimum absolute atomic E-state index is 0.0289. The van der Waals surface area contributed by atoms with E-state index in [1.807, 2.05) is 0 Å². The monoisotopic (exact) mass is 298 g/mol. The second-order valence-electron chi connectivity index (χ2n) is 6.52. The largest absolute Gasteiger partial charge is 0.381 e. The smallest absolute Gasteiger partial charge is 0.315 e. The number of ether oxygens (including phenoxy) is 2. The molecule has 1 heterocycles. The first kappa shape index (κ1) is 16.6. The van der Waals surface area contributed by atoms with Crippen LogP contribution in [0.25, 0.3) is 0 Å². The summed E-state index contributed by atoms with van der Waals surface area (Å²) in [6, 6.07) is 0.332. The fourth-order valence-electron chi connectivity index (χ4n) is 2.98. The van der Waals surface area contributed by atoms with Gasteiger partial charge >= 0.3 is 6.03 Å². The van der Waals surface area contributed by atoms with Crippen molar-refractivity contribution in [3.63, 3.8) is 0 Å². The van der Waals surface area contributed by atoms with Crippen LogP contribution in [0.3, 0.4) is 0 Å². The van der Waals surface area contributed by atoms with Crippen molar-refractivity contribution in [1.29, 1.82) is 0 Å². The van der Waals surface area contributed by atoms with E-state index in [0.29, 0.717) is 25.1 Å². The van der Waals surface area contributed by atoms with Crippen LogP contribution < -0.4 is 10.6 Å². The second-order valence-corrected chi connectivity index (χ2v) is 6.52. The molecule has 2 rings (SSSR count). The molecular weight excluding hydrogens is 268 g/mol. The predicted octanol–water partition coefficient (Wildman–Crippen LogP) is 2.31. The van der Waals surface area contributed by atoms with Gasteiger partial charge in [0.15, 0.2) is 0 Å². The van der Waals surface area contributed by atoms with Gasteiger partial charge in [0.1, 0.15) is 0 Å². The van der Waals surface area contributed by atoms with E-state index in [1.54, 1.807) is 0 Å². The summed E-state index contributed by atoms with van der Waals surface area (Å²) >= 11 is 0. The third kappa shape index (κ3) is 6.66. The van der Waals surface area contributed by atoms with E-state index in [-0.39, 0.29) is 6.03 Å². The van der Waals surface area contributed by atoms with Crippen LogP contribution in [0, 0.1) is 11.8 Å². The van der Waals surface area contributed by atoms with Crippen molar-refractivity contribution in [3.8, 4) is 0 Å². The fraction of sp³-hybridized carbons (Fsp3) is 0.938. The van der Waals surface area contributed by atoms with Gasteiger partial charge in [-0.25, -0.2) is 4.79 Å². The van der Waals surface area contributed by atoms with E-state index >= 15 is 0 Å². The summed E-state index contributed by atoms with van der Waals surface area (Å²) in [5, 5.41) is 5.98. The first-order valence-corrected chi connectivity index (χ1v) is 8.44. The molecule has 1 saturated heterocycles. The molecule has 1 aliphatic heterocycles. The maximum Gasteiger partial charge on any atom is 0.315 e. The van der Waals surface area contributed by atoms with Gasteiger partial charge < -0.3 is 20.1 Å². The second kappa shape index (κ2) is 9.26. The Balaban J connectivity index is 1.42. The van der Waals surface area contributed by atoms with Gasteiger partial charge in [-0.3, -0.25) is 0 Å². The van der Waals surface area contributed by atoms with Gasteiger partial charge in [0.2, 0.25) is 0 Å². The average molecular weight is 298 g/mol. The van der Waals surface area contributed by atoms with Crippen LogP contribution in [-0.2, 0) is 9.47 Å². The minimum atomic E-state index is -0.0289. The molecule has 0 aromatic carbocycles. The van der Waals surface area contributed by atoms with Crippen molar-refractivity contribution in [2.75, 3.05) is 33.0 Å². The third-order valence-electron chi connectivity index (χ3n) is 4.48. The molecule has 2 aliphatic rings. The zero-order valence-corrected chi connectivity index (χ0v) is 13.2. The quantitative estimate of drug-likeness (QED) is 0.709. The highest BCUT2D eigenvalue weighted by Crippen LogP contribution is 2.23. The Morgan fingerprint density at radius 3 is 2.76 bits per heavy atom. The van der Waals surface area contributed by atoms with Crippen LogP contribution in [0.1, 0.15) is 45.4 Å². The molecule has 21 heavy (non-hydrogen) atoms. The molecule has 0 bridgehead atoms. The van der Waals surface area contributed by atoms with Crippen molar-refractivity contribution in [3.05, 3.63) is 0 Å². The number of nitrogens with one attached hydrogen (secondary N) is 2. The van der Waals surface area contributed by atoms with E-state index in [1.165, 1.54) is 12.8 Å². The van der Waals surface area contributed by atoms with Crippen molar-refractivity contribution in [2.24, 2.45) is 11.8 Å². The highest BCUT2D eigenvalue weighted by Gasteiger charge is 2.19. The van der Waals surface area contributed by atoms with Gasteiger partial charge in [0.05, 0.1) is 13.2 Å². The van der Waals surface area contributed by atoms with E-state index in [9.17, 15) is 4.79 Å². The lowest BCUT2D eigenvalue weighted by Gasteiger charge is -2.26. The zero-order chi connectivity index (χ0) is 14.9. The first-order valence-electron chi connectivity index (χ1n) is 8.44.